The van der Waals surface area contributed by atoms with Gasteiger partial charge in [0.05, 0.1) is 0 Å². The molecule has 1 heterocycles. The zero-order valence-electron chi connectivity index (χ0n) is 16.3. The lowest BCUT2D eigenvalue weighted by Crippen LogP contribution is -2.52. The first-order chi connectivity index (χ1) is 12.3. The van der Waals surface area contributed by atoms with E-state index in [1.54, 1.807) is 24.3 Å². The van der Waals surface area contributed by atoms with Crippen molar-refractivity contribution >= 4 is 35.8 Å². The molecule has 0 spiro atoms. The molecule has 3 N–H and O–H groups in total. The van der Waals surface area contributed by atoms with Gasteiger partial charge in [0, 0.05) is 17.1 Å². The Bertz CT molecular complexity index is 616. The second-order valence-electron chi connectivity index (χ2n) is 7.62. The molecule has 0 aromatic heterocycles. The zero-order chi connectivity index (χ0) is 19.2. The van der Waals surface area contributed by atoms with Gasteiger partial charge in [-0.2, -0.15) is 0 Å². The van der Waals surface area contributed by atoms with Crippen LogP contribution in [0.4, 0.5) is 0 Å². The molecule has 1 aliphatic rings. The Balaban J connectivity index is 0.00000364. The van der Waals surface area contributed by atoms with Gasteiger partial charge in [-0.3, -0.25) is 9.59 Å². The van der Waals surface area contributed by atoms with Crippen molar-refractivity contribution in [3.8, 4) is 0 Å². The Labute approximate surface area is 173 Å². The number of hydrogen-bond donors (Lipinski definition) is 3. The fourth-order valence-electron chi connectivity index (χ4n) is 3.15. The van der Waals surface area contributed by atoms with Crippen LogP contribution in [0.1, 0.15) is 50.4 Å². The summed E-state index contributed by atoms with van der Waals surface area (Å²) in [6.45, 7) is 8.81. The van der Waals surface area contributed by atoms with Crippen molar-refractivity contribution in [1.82, 2.24) is 16.0 Å². The van der Waals surface area contributed by atoms with Gasteiger partial charge in [-0.25, -0.2) is 0 Å². The summed E-state index contributed by atoms with van der Waals surface area (Å²) in [7, 11) is 0. The van der Waals surface area contributed by atoms with Gasteiger partial charge in [-0.15, -0.1) is 12.4 Å². The van der Waals surface area contributed by atoms with Crippen molar-refractivity contribution < 1.29 is 9.59 Å². The SMILES string of the molecule is CCC(C)C(NC(=O)c1ccc(Cl)cc1)C(=O)NCC1(C)CCNCC1.Cl. The maximum absolute atomic E-state index is 12.8. The highest BCUT2D eigenvalue weighted by molar-refractivity contribution is 6.30. The Kier molecular flexibility index (Phi) is 9.57. The third kappa shape index (κ3) is 6.98. The fourth-order valence-corrected chi connectivity index (χ4v) is 3.27. The molecule has 0 radical (unpaired) electrons. The van der Waals surface area contributed by atoms with Crippen LogP contribution >= 0.6 is 24.0 Å². The second kappa shape index (κ2) is 10.9. The van der Waals surface area contributed by atoms with Crippen LogP contribution in [0.25, 0.3) is 0 Å². The lowest BCUT2D eigenvalue weighted by molar-refractivity contribution is -0.124. The van der Waals surface area contributed by atoms with Crippen molar-refractivity contribution in [1.29, 1.82) is 0 Å². The highest BCUT2D eigenvalue weighted by atomic mass is 35.5. The van der Waals surface area contributed by atoms with Crippen LogP contribution < -0.4 is 16.0 Å². The standard InChI is InChI=1S/C20H30ClN3O2.ClH/c1-4-14(2)17(24-18(25)15-5-7-16(21)8-6-15)19(26)23-13-20(3)9-11-22-12-10-20;/h5-8,14,17,22H,4,9-13H2,1-3H3,(H,23,26)(H,24,25);1H. The second-order valence-corrected chi connectivity index (χ2v) is 8.06. The Morgan fingerprint density at radius 2 is 1.81 bits per heavy atom. The van der Waals surface area contributed by atoms with Gasteiger partial charge in [0.1, 0.15) is 6.04 Å². The number of carbonyl (C=O) groups is 2. The number of benzene rings is 1. The maximum Gasteiger partial charge on any atom is 0.251 e. The smallest absolute Gasteiger partial charge is 0.251 e. The van der Waals surface area contributed by atoms with Crippen LogP contribution in [0.3, 0.4) is 0 Å². The van der Waals surface area contributed by atoms with Crippen molar-refractivity contribution in [2.75, 3.05) is 19.6 Å². The molecule has 0 aliphatic carbocycles. The van der Waals surface area contributed by atoms with Crippen LogP contribution in [-0.4, -0.2) is 37.5 Å². The summed E-state index contributed by atoms with van der Waals surface area (Å²) in [6, 6.07) is 6.13. The molecule has 2 atom stereocenters. The summed E-state index contributed by atoms with van der Waals surface area (Å²) in [6.07, 6.45) is 2.89. The molecule has 27 heavy (non-hydrogen) atoms. The van der Waals surface area contributed by atoms with Gasteiger partial charge >= 0.3 is 0 Å². The predicted octanol–water partition coefficient (Wildman–Crippen LogP) is 3.41. The summed E-state index contributed by atoms with van der Waals surface area (Å²) in [5, 5.41) is 9.89. The molecule has 1 aliphatic heterocycles. The minimum absolute atomic E-state index is 0. The fraction of sp³-hybridized carbons (Fsp3) is 0.600. The van der Waals surface area contributed by atoms with Crippen molar-refractivity contribution in [2.24, 2.45) is 11.3 Å². The minimum atomic E-state index is -0.548. The molecule has 2 rings (SSSR count). The average Bonchev–Trinajstić information content (AvgIpc) is 2.64. The number of hydrogen-bond acceptors (Lipinski definition) is 3. The number of amides is 2. The quantitative estimate of drug-likeness (QED) is 0.638. The number of piperidine rings is 1. The van der Waals surface area contributed by atoms with Gasteiger partial charge in [-0.1, -0.05) is 38.8 Å². The van der Waals surface area contributed by atoms with Gasteiger partial charge < -0.3 is 16.0 Å². The molecule has 0 saturated carbocycles. The van der Waals surface area contributed by atoms with Crippen LogP contribution in [-0.2, 0) is 4.79 Å². The van der Waals surface area contributed by atoms with Crippen molar-refractivity contribution in [3.05, 3.63) is 34.9 Å². The largest absolute Gasteiger partial charge is 0.354 e. The van der Waals surface area contributed by atoms with Crippen LogP contribution in [0.5, 0.6) is 0 Å². The summed E-state index contributed by atoms with van der Waals surface area (Å²) in [5.74, 6) is -0.316. The van der Waals surface area contributed by atoms with E-state index in [9.17, 15) is 9.59 Å². The normalized spacial score (nSPS) is 17.9. The summed E-state index contributed by atoms with van der Waals surface area (Å²) in [4.78, 5) is 25.3. The van der Waals surface area contributed by atoms with E-state index in [2.05, 4.69) is 22.9 Å². The van der Waals surface area contributed by atoms with Crippen molar-refractivity contribution in [2.45, 2.75) is 46.1 Å². The molecule has 1 aromatic carbocycles. The third-order valence-corrected chi connectivity index (χ3v) is 5.64. The minimum Gasteiger partial charge on any atom is -0.354 e. The Morgan fingerprint density at radius 1 is 1.22 bits per heavy atom. The summed E-state index contributed by atoms with van der Waals surface area (Å²) in [5.41, 5.74) is 0.613. The van der Waals surface area contributed by atoms with E-state index in [0.29, 0.717) is 17.1 Å². The summed E-state index contributed by atoms with van der Waals surface area (Å²) < 4.78 is 0. The lowest BCUT2D eigenvalue weighted by Gasteiger charge is -2.35. The van der Waals surface area contributed by atoms with Gasteiger partial charge in [-0.05, 0) is 61.5 Å². The first-order valence-corrected chi connectivity index (χ1v) is 9.77. The zero-order valence-corrected chi connectivity index (χ0v) is 17.9. The van der Waals surface area contributed by atoms with Crippen molar-refractivity contribution in [3.63, 3.8) is 0 Å². The molecule has 152 valence electrons. The number of nitrogens with one attached hydrogen (secondary N) is 3. The lowest BCUT2D eigenvalue weighted by atomic mass is 9.81. The monoisotopic (exact) mass is 415 g/mol. The van der Waals surface area contributed by atoms with E-state index in [4.69, 9.17) is 11.6 Å². The predicted molar refractivity (Wildman–Crippen MR) is 113 cm³/mol. The summed E-state index contributed by atoms with van der Waals surface area (Å²) >= 11 is 5.87. The first kappa shape index (κ1) is 23.7. The topological polar surface area (TPSA) is 70.2 Å². The molecule has 2 amide bonds. The van der Waals surface area contributed by atoms with Gasteiger partial charge in [0.15, 0.2) is 0 Å². The molecule has 1 aromatic rings. The van der Waals surface area contributed by atoms with Crippen LogP contribution in [0.2, 0.25) is 5.02 Å². The molecular formula is C20H31Cl2N3O2. The van der Waals surface area contributed by atoms with E-state index in [1.165, 1.54) is 0 Å². The maximum atomic E-state index is 12.8. The van der Waals surface area contributed by atoms with Crippen LogP contribution in [0, 0.1) is 11.3 Å². The Morgan fingerprint density at radius 3 is 2.37 bits per heavy atom. The third-order valence-electron chi connectivity index (χ3n) is 5.39. The highest BCUT2D eigenvalue weighted by Gasteiger charge is 2.30. The number of halogens is 2. The van der Waals surface area contributed by atoms with E-state index in [-0.39, 0.29) is 35.6 Å². The first-order valence-electron chi connectivity index (χ1n) is 9.39. The molecule has 2 unspecified atom stereocenters. The molecular weight excluding hydrogens is 385 g/mol. The molecule has 0 bridgehead atoms. The van der Waals surface area contributed by atoms with E-state index >= 15 is 0 Å². The molecule has 7 heteroatoms. The van der Waals surface area contributed by atoms with Gasteiger partial charge in [0.2, 0.25) is 5.91 Å². The number of rotatable bonds is 7. The van der Waals surface area contributed by atoms with E-state index < -0.39 is 6.04 Å². The average molecular weight is 416 g/mol. The number of carbonyl (C=O) groups excluding carboxylic acids is 2. The van der Waals surface area contributed by atoms with Gasteiger partial charge in [0.25, 0.3) is 5.91 Å². The molecule has 5 nitrogen and oxygen atoms in total. The van der Waals surface area contributed by atoms with E-state index in [1.807, 2.05) is 13.8 Å². The van der Waals surface area contributed by atoms with E-state index in [0.717, 1.165) is 32.4 Å². The highest BCUT2D eigenvalue weighted by Crippen LogP contribution is 2.26. The molecule has 1 fully saturated rings. The molecule has 1 saturated heterocycles. The van der Waals surface area contributed by atoms with Crippen LogP contribution in [0.15, 0.2) is 24.3 Å². The Hall–Kier alpha value is -1.30.